The number of Topliss-reactive ketones (excluding diaryl/α,β-unsaturated/α-hetero) is 1. The van der Waals surface area contributed by atoms with Crippen LogP contribution in [-0.2, 0) is 6.42 Å². The van der Waals surface area contributed by atoms with E-state index in [4.69, 9.17) is 0 Å². The van der Waals surface area contributed by atoms with Crippen molar-refractivity contribution in [1.82, 2.24) is 4.90 Å². The van der Waals surface area contributed by atoms with Crippen molar-refractivity contribution in [3.8, 4) is 0 Å². The molecule has 0 amide bonds. The molecule has 0 saturated heterocycles. The maximum Gasteiger partial charge on any atom is 0.191 e. The Kier molecular flexibility index (Phi) is 4.33. The topological polar surface area (TPSA) is 20.3 Å². The van der Waals surface area contributed by atoms with Crippen molar-refractivity contribution in [2.45, 2.75) is 27.2 Å². The van der Waals surface area contributed by atoms with Crippen LogP contribution in [0.15, 0.2) is 54.1 Å². The highest BCUT2D eigenvalue weighted by atomic mass is 16.1. The molecule has 2 nitrogen and oxygen atoms in total. The van der Waals surface area contributed by atoms with Crippen molar-refractivity contribution in [1.29, 1.82) is 0 Å². The van der Waals surface area contributed by atoms with Crippen molar-refractivity contribution in [2.24, 2.45) is 0 Å². The SMILES string of the molecule is CCN(CC)C(=C1Cc2ccccc2C1=O)c1ccccc1C. The molecule has 0 aromatic heterocycles. The third kappa shape index (κ3) is 2.70. The van der Waals surface area contributed by atoms with Crippen LogP contribution in [0, 0.1) is 6.92 Å². The summed E-state index contributed by atoms with van der Waals surface area (Å²) in [5.74, 6) is 0.186. The Morgan fingerprint density at radius 2 is 1.65 bits per heavy atom. The first-order valence-electron chi connectivity index (χ1n) is 8.34. The van der Waals surface area contributed by atoms with E-state index in [2.05, 4.69) is 56.0 Å². The lowest BCUT2D eigenvalue weighted by molar-refractivity contribution is 0.103. The maximum absolute atomic E-state index is 13.0. The molecule has 0 N–H and O–H groups in total. The molecule has 2 heteroatoms. The number of carbonyl (C=O) groups excluding carboxylic acids is 1. The van der Waals surface area contributed by atoms with Crippen molar-refractivity contribution in [2.75, 3.05) is 13.1 Å². The molecule has 1 aliphatic carbocycles. The quantitative estimate of drug-likeness (QED) is 0.776. The maximum atomic E-state index is 13.0. The Morgan fingerprint density at radius 3 is 2.30 bits per heavy atom. The summed E-state index contributed by atoms with van der Waals surface area (Å²) >= 11 is 0. The molecule has 0 saturated carbocycles. The zero-order valence-corrected chi connectivity index (χ0v) is 14.1. The summed E-state index contributed by atoms with van der Waals surface area (Å²) in [6, 6.07) is 16.3. The van der Waals surface area contributed by atoms with Gasteiger partial charge in [0.2, 0.25) is 0 Å². The first-order valence-corrected chi connectivity index (χ1v) is 8.34. The third-order valence-electron chi connectivity index (χ3n) is 4.67. The second-order valence-corrected chi connectivity index (χ2v) is 5.98. The largest absolute Gasteiger partial charge is 0.371 e. The lowest BCUT2D eigenvalue weighted by Crippen LogP contribution is -2.24. The lowest BCUT2D eigenvalue weighted by atomic mass is 9.98. The molecular weight excluding hydrogens is 282 g/mol. The molecule has 0 spiro atoms. The zero-order valence-electron chi connectivity index (χ0n) is 14.1. The van der Waals surface area contributed by atoms with Gasteiger partial charge in [0.15, 0.2) is 5.78 Å². The van der Waals surface area contributed by atoms with E-state index in [0.29, 0.717) is 0 Å². The van der Waals surface area contributed by atoms with Crippen molar-refractivity contribution >= 4 is 11.5 Å². The van der Waals surface area contributed by atoms with Crippen LogP contribution >= 0.6 is 0 Å². The predicted octanol–water partition coefficient (Wildman–Crippen LogP) is 4.49. The number of ketones is 1. The molecule has 118 valence electrons. The number of nitrogens with zero attached hydrogens (tertiary/aromatic N) is 1. The van der Waals surface area contributed by atoms with Crippen LogP contribution in [0.5, 0.6) is 0 Å². The standard InChI is InChI=1S/C21H23NO/c1-4-22(5-2)20(17-12-8-6-10-15(17)3)19-14-16-11-7-9-13-18(16)21(19)23/h6-13H,4-5,14H2,1-3H3. The summed E-state index contributed by atoms with van der Waals surface area (Å²) in [7, 11) is 0. The molecular formula is C21H23NO. The Morgan fingerprint density at radius 1 is 1.00 bits per heavy atom. The molecule has 0 bridgehead atoms. The molecule has 0 unspecified atom stereocenters. The van der Waals surface area contributed by atoms with E-state index in [9.17, 15) is 4.79 Å². The fraction of sp³-hybridized carbons (Fsp3) is 0.286. The lowest BCUT2D eigenvalue weighted by Gasteiger charge is -2.27. The Bertz CT molecular complexity index is 769. The number of aryl methyl sites for hydroxylation is 1. The summed E-state index contributed by atoms with van der Waals surface area (Å²) in [4.78, 5) is 15.3. The van der Waals surface area contributed by atoms with Gasteiger partial charge < -0.3 is 4.90 Å². The van der Waals surface area contributed by atoms with E-state index in [1.165, 1.54) is 11.1 Å². The smallest absolute Gasteiger partial charge is 0.191 e. The minimum absolute atomic E-state index is 0.186. The van der Waals surface area contributed by atoms with Gasteiger partial charge >= 0.3 is 0 Å². The number of hydrogen-bond donors (Lipinski definition) is 0. The van der Waals surface area contributed by atoms with Crippen LogP contribution in [0.1, 0.15) is 40.9 Å². The van der Waals surface area contributed by atoms with Crippen LogP contribution in [0.4, 0.5) is 0 Å². The highest BCUT2D eigenvalue weighted by Crippen LogP contribution is 2.34. The average Bonchev–Trinajstić information content (AvgIpc) is 2.90. The summed E-state index contributed by atoms with van der Waals surface area (Å²) < 4.78 is 0. The average molecular weight is 305 g/mol. The predicted molar refractivity (Wildman–Crippen MR) is 95.5 cm³/mol. The second-order valence-electron chi connectivity index (χ2n) is 5.98. The highest BCUT2D eigenvalue weighted by Gasteiger charge is 2.29. The van der Waals surface area contributed by atoms with Gasteiger partial charge in [-0.15, -0.1) is 0 Å². The van der Waals surface area contributed by atoms with Crippen LogP contribution in [0.2, 0.25) is 0 Å². The van der Waals surface area contributed by atoms with Crippen LogP contribution < -0.4 is 0 Å². The summed E-state index contributed by atoms with van der Waals surface area (Å²) in [6.45, 7) is 8.20. The molecule has 23 heavy (non-hydrogen) atoms. The van der Waals surface area contributed by atoms with E-state index < -0.39 is 0 Å². The zero-order chi connectivity index (χ0) is 16.4. The van der Waals surface area contributed by atoms with Gasteiger partial charge in [0.25, 0.3) is 0 Å². The molecule has 2 aromatic carbocycles. The minimum atomic E-state index is 0.186. The van der Waals surface area contributed by atoms with Gasteiger partial charge in [0.05, 0.1) is 5.70 Å². The monoisotopic (exact) mass is 305 g/mol. The minimum Gasteiger partial charge on any atom is -0.371 e. The molecule has 0 heterocycles. The first kappa shape index (κ1) is 15.5. The summed E-state index contributed by atoms with van der Waals surface area (Å²) in [6.07, 6.45) is 0.731. The number of benzene rings is 2. The summed E-state index contributed by atoms with van der Waals surface area (Å²) in [5, 5.41) is 0. The van der Waals surface area contributed by atoms with Crippen molar-refractivity contribution < 1.29 is 4.79 Å². The number of allylic oxidation sites excluding steroid dienone is 1. The van der Waals surface area contributed by atoms with Gasteiger partial charge in [-0.1, -0.05) is 48.5 Å². The third-order valence-corrected chi connectivity index (χ3v) is 4.67. The molecule has 3 rings (SSSR count). The van der Waals surface area contributed by atoms with Gasteiger partial charge in [-0.3, -0.25) is 4.79 Å². The summed E-state index contributed by atoms with van der Waals surface area (Å²) in [5.41, 5.74) is 6.43. The van der Waals surface area contributed by atoms with E-state index in [0.717, 1.165) is 41.9 Å². The van der Waals surface area contributed by atoms with E-state index >= 15 is 0 Å². The van der Waals surface area contributed by atoms with Gasteiger partial charge in [-0.25, -0.2) is 0 Å². The Balaban J connectivity index is 2.21. The van der Waals surface area contributed by atoms with Crippen LogP contribution in [0.25, 0.3) is 5.70 Å². The van der Waals surface area contributed by atoms with Crippen molar-refractivity contribution in [3.63, 3.8) is 0 Å². The molecule has 2 aromatic rings. The molecule has 0 fully saturated rings. The fourth-order valence-corrected chi connectivity index (χ4v) is 3.42. The van der Waals surface area contributed by atoms with Crippen molar-refractivity contribution in [3.05, 3.63) is 76.4 Å². The van der Waals surface area contributed by atoms with Crippen LogP contribution in [0.3, 0.4) is 0 Å². The van der Waals surface area contributed by atoms with Gasteiger partial charge in [-0.05, 0) is 31.9 Å². The molecule has 0 aliphatic heterocycles. The van der Waals surface area contributed by atoms with Gasteiger partial charge in [-0.2, -0.15) is 0 Å². The Hall–Kier alpha value is -2.35. The molecule has 0 radical (unpaired) electrons. The molecule has 1 aliphatic rings. The number of carbonyl (C=O) groups is 1. The number of rotatable bonds is 4. The Labute approximate surface area is 138 Å². The normalized spacial score (nSPS) is 15.5. The second kappa shape index (κ2) is 6.41. The van der Waals surface area contributed by atoms with E-state index in [-0.39, 0.29) is 5.78 Å². The fourth-order valence-electron chi connectivity index (χ4n) is 3.42. The van der Waals surface area contributed by atoms with Crippen LogP contribution in [-0.4, -0.2) is 23.8 Å². The molecule has 0 atom stereocenters. The van der Waals surface area contributed by atoms with Gasteiger partial charge in [0.1, 0.15) is 0 Å². The highest BCUT2D eigenvalue weighted by molar-refractivity contribution is 6.17. The van der Waals surface area contributed by atoms with E-state index in [1.807, 2.05) is 18.2 Å². The number of fused-ring (bicyclic) bond motifs is 1. The first-order chi connectivity index (χ1) is 11.2. The van der Waals surface area contributed by atoms with Gasteiger partial charge in [0, 0.05) is 36.2 Å². The van der Waals surface area contributed by atoms with E-state index in [1.54, 1.807) is 0 Å². The number of hydrogen-bond acceptors (Lipinski definition) is 2.